The maximum absolute atomic E-state index is 12.4. The molecular weight excluding hydrogens is 380 g/mol. The summed E-state index contributed by atoms with van der Waals surface area (Å²) in [5, 5.41) is 3.51. The van der Waals surface area contributed by atoms with E-state index in [4.69, 9.17) is 22.1 Å². The first kappa shape index (κ1) is 20.9. The van der Waals surface area contributed by atoms with Crippen LogP contribution in [0.4, 0.5) is 10.5 Å². The number of anilines is 1. The van der Waals surface area contributed by atoms with Gasteiger partial charge in [0, 0.05) is 49.4 Å². The zero-order chi connectivity index (χ0) is 20.1. The highest BCUT2D eigenvalue weighted by molar-refractivity contribution is 6.31. The van der Waals surface area contributed by atoms with Crippen LogP contribution in [-0.4, -0.2) is 60.1 Å². The molecule has 2 aliphatic rings. The number of rotatable bonds is 4. The second kappa shape index (κ2) is 9.58. The summed E-state index contributed by atoms with van der Waals surface area (Å²) in [7, 11) is 0. The van der Waals surface area contributed by atoms with Crippen molar-refractivity contribution in [3.8, 4) is 0 Å². The number of urea groups is 1. The average molecular weight is 409 g/mol. The molecule has 1 saturated heterocycles. The summed E-state index contributed by atoms with van der Waals surface area (Å²) in [4.78, 5) is 28.3. The molecule has 1 aliphatic carbocycles. The molecule has 8 heteroatoms. The van der Waals surface area contributed by atoms with Crippen LogP contribution < -0.4 is 11.1 Å². The Hall–Kier alpha value is -1.83. The molecule has 7 nitrogen and oxygen atoms in total. The normalized spacial score (nSPS) is 22.6. The lowest BCUT2D eigenvalue weighted by Crippen LogP contribution is -2.43. The molecule has 1 heterocycles. The lowest BCUT2D eigenvalue weighted by Gasteiger charge is -2.36. The maximum atomic E-state index is 12.4. The second-order valence-corrected chi connectivity index (χ2v) is 7.96. The van der Waals surface area contributed by atoms with Crippen LogP contribution in [0.5, 0.6) is 0 Å². The van der Waals surface area contributed by atoms with E-state index in [9.17, 15) is 9.59 Å². The molecule has 2 fully saturated rings. The molecule has 3 N–H and O–H groups in total. The van der Waals surface area contributed by atoms with Gasteiger partial charge in [0.1, 0.15) is 0 Å². The first-order valence-corrected chi connectivity index (χ1v) is 10.3. The smallest absolute Gasteiger partial charge is 0.321 e. The molecular formula is C20H29ClN4O3. The Morgan fingerprint density at radius 3 is 2.57 bits per heavy atom. The van der Waals surface area contributed by atoms with Crippen LogP contribution in [0.3, 0.4) is 0 Å². The van der Waals surface area contributed by atoms with Crippen molar-refractivity contribution in [3.05, 3.63) is 28.8 Å². The van der Waals surface area contributed by atoms with Crippen molar-refractivity contribution < 1.29 is 14.3 Å². The Morgan fingerprint density at radius 1 is 1.25 bits per heavy atom. The number of hydrogen-bond donors (Lipinski definition) is 2. The van der Waals surface area contributed by atoms with Crippen LogP contribution in [-0.2, 0) is 16.1 Å². The summed E-state index contributed by atoms with van der Waals surface area (Å²) < 4.78 is 5.28. The van der Waals surface area contributed by atoms with Gasteiger partial charge in [-0.3, -0.25) is 4.79 Å². The summed E-state index contributed by atoms with van der Waals surface area (Å²) in [6.07, 6.45) is 3.67. The highest BCUT2D eigenvalue weighted by Crippen LogP contribution is 2.27. The zero-order valence-electron chi connectivity index (χ0n) is 16.3. The molecule has 0 unspecified atom stereocenters. The van der Waals surface area contributed by atoms with Gasteiger partial charge in [-0.2, -0.15) is 0 Å². The van der Waals surface area contributed by atoms with Crippen LogP contribution in [0, 0.1) is 0 Å². The standard InChI is InChI=1S/C20H29ClN4O3/c1-14(26)25(18-5-2-16(22)3-6-18)13-15-12-17(4-7-19(15)21)23-20(27)24-8-10-28-11-9-24/h4,7,12,16,18H,2-3,5-6,8-11,13,22H2,1H3,(H,23,27). The van der Waals surface area contributed by atoms with Crippen molar-refractivity contribution >= 4 is 29.2 Å². The molecule has 0 bridgehead atoms. The summed E-state index contributed by atoms with van der Waals surface area (Å²) in [6, 6.07) is 5.65. The number of nitrogens with two attached hydrogens (primary N) is 1. The summed E-state index contributed by atoms with van der Waals surface area (Å²) in [5.74, 6) is 0.0271. The van der Waals surface area contributed by atoms with Crippen molar-refractivity contribution in [3.63, 3.8) is 0 Å². The molecule has 1 saturated carbocycles. The number of nitrogens with zero attached hydrogens (tertiary/aromatic N) is 2. The molecule has 3 rings (SSSR count). The average Bonchev–Trinajstić information content (AvgIpc) is 2.69. The maximum Gasteiger partial charge on any atom is 0.321 e. The van der Waals surface area contributed by atoms with E-state index >= 15 is 0 Å². The minimum absolute atomic E-state index is 0.0271. The fourth-order valence-electron chi connectivity index (χ4n) is 3.84. The van der Waals surface area contributed by atoms with Crippen LogP contribution in [0.25, 0.3) is 0 Å². The fourth-order valence-corrected chi connectivity index (χ4v) is 4.01. The Labute approximate surface area is 171 Å². The molecule has 1 aliphatic heterocycles. The van der Waals surface area contributed by atoms with Gasteiger partial charge in [0.2, 0.25) is 5.91 Å². The van der Waals surface area contributed by atoms with Gasteiger partial charge >= 0.3 is 6.03 Å². The highest BCUT2D eigenvalue weighted by Gasteiger charge is 2.26. The van der Waals surface area contributed by atoms with E-state index in [1.165, 1.54) is 0 Å². The minimum atomic E-state index is -0.152. The minimum Gasteiger partial charge on any atom is -0.378 e. The number of benzene rings is 1. The quantitative estimate of drug-likeness (QED) is 0.801. The SMILES string of the molecule is CC(=O)N(Cc1cc(NC(=O)N2CCOCC2)ccc1Cl)C1CCC(N)CC1. The molecule has 154 valence electrons. The monoisotopic (exact) mass is 408 g/mol. The van der Waals surface area contributed by atoms with Gasteiger partial charge in [-0.05, 0) is 49.4 Å². The van der Waals surface area contributed by atoms with E-state index in [2.05, 4.69) is 5.32 Å². The largest absolute Gasteiger partial charge is 0.378 e. The number of nitrogens with one attached hydrogen (secondary N) is 1. The van der Waals surface area contributed by atoms with E-state index in [1.54, 1.807) is 24.0 Å². The van der Waals surface area contributed by atoms with Crippen LogP contribution >= 0.6 is 11.6 Å². The van der Waals surface area contributed by atoms with Crippen molar-refractivity contribution in [2.45, 2.75) is 51.2 Å². The highest BCUT2D eigenvalue weighted by atomic mass is 35.5. The summed E-state index contributed by atoms with van der Waals surface area (Å²) in [5.41, 5.74) is 7.50. The fraction of sp³-hybridized carbons (Fsp3) is 0.600. The summed E-state index contributed by atoms with van der Waals surface area (Å²) >= 11 is 6.39. The summed E-state index contributed by atoms with van der Waals surface area (Å²) in [6.45, 7) is 4.28. The third-order valence-corrected chi connectivity index (χ3v) is 5.89. The van der Waals surface area contributed by atoms with Crippen molar-refractivity contribution in [2.75, 3.05) is 31.6 Å². The lowest BCUT2D eigenvalue weighted by atomic mass is 9.90. The van der Waals surface area contributed by atoms with Gasteiger partial charge in [-0.15, -0.1) is 0 Å². The van der Waals surface area contributed by atoms with Crippen molar-refractivity contribution in [1.82, 2.24) is 9.80 Å². The number of carbonyl (C=O) groups is 2. The van der Waals surface area contributed by atoms with Gasteiger partial charge in [0.25, 0.3) is 0 Å². The molecule has 0 radical (unpaired) electrons. The van der Waals surface area contributed by atoms with E-state index < -0.39 is 0 Å². The van der Waals surface area contributed by atoms with Crippen molar-refractivity contribution in [1.29, 1.82) is 0 Å². The van der Waals surface area contributed by atoms with Gasteiger partial charge in [-0.1, -0.05) is 11.6 Å². The Bertz CT molecular complexity index is 701. The molecule has 1 aromatic carbocycles. The molecule has 0 atom stereocenters. The third-order valence-electron chi connectivity index (χ3n) is 5.52. The number of halogens is 1. The number of amides is 3. The third kappa shape index (κ3) is 5.37. The number of morpholine rings is 1. The van der Waals surface area contributed by atoms with Crippen molar-refractivity contribution in [2.24, 2.45) is 5.73 Å². The topological polar surface area (TPSA) is 87.9 Å². The van der Waals surface area contributed by atoms with Gasteiger partial charge in [0.15, 0.2) is 0 Å². The first-order chi connectivity index (χ1) is 13.4. The molecule has 0 aromatic heterocycles. The Morgan fingerprint density at radius 2 is 1.93 bits per heavy atom. The molecule has 28 heavy (non-hydrogen) atoms. The first-order valence-electron chi connectivity index (χ1n) is 9.89. The van der Waals surface area contributed by atoms with E-state index in [0.29, 0.717) is 43.6 Å². The predicted octanol–water partition coefficient (Wildman–Crippen LogP) is 2.82. The Balaban J connectivity index is 1.69. The molecule has 1 aromatic rings. The predicted molar refractivity (Wildman–Crippen MR) is 109 cm³/mol. The number of carbonyl (C=O) groups excluding carboxylic acids is 2. The van der Waals surface area contributed by atoms with Crippen LogP contribution in [0.2, 0.25) is 5.02 Å². The van der Waals surface area contributed by atoms with Gasteiger partial charge < -0.3 is 25.6 Å². The molecule has 0 spiro atoms. The number of hydrogen-bond acceptors (Lipinski definition) is 4. The van der Waals surface area contributed by atoms with E-state index in [-0.39, 0.29) is 24.0 Å². The Kier molecular flexibility index (Phi) is 7.15. The van der Waals surface area contributed by atoms with E-state index in [1.807, 2.05) is 11.0 Å². The second-order valence-electron chi connectivity index (χ2n) is 7.55. The van der Waals surface area contributed by atoms with Crippen LogP contribution in [0.15, 0.2) is 18.2 Å². The van der Waals surface area contributed by atoms with Crippen LogP contribution in [0.1, 0.15) is 38.2 Å². The number of ether oxygens (including phenoxy) is 1. The lowest BCUT2D eigenvalue weighted by molar-refractivity contribution is -0.132. The van der Waals surface area contributed by atoms with Gasteiger partial charge in [0.05, 0.1) is 13.2 Å². The van der Waals surface area contributed by atoms with Gasteiger partial charge in [-0.25, -0.2) is 4.79 Å². The molecule has 3 amide bonds. The van der Waals surface area contributed by atoms with E-state index in [0.717, 1.165) is 31.2 Å². The zero-order valence-corrected chi connectivity index (χ0v) is 17.1.